The first-order valence-corrected chi connectivity index (χ1v) is 4.47. The Morgan fingerprint density at radius 1 is 1.38 bits per heavy atom. The molecule has 4 nitrogen and oxygen atoms in total. The SMILES string of the molecule is CCCn1ccc2nc(C)nnc21. The second kappa shape index (κ2) is 3.12. The average Bonchev–Trinajstić information content (AvgIpc) is 2.49. The predicted octanol–water partition coefficient (Wildman–Crippen LogP) is 1.54. The third-order valence-corrected chi connectivity index (χ3v) is 1.95. The van der Waals surface area contributed by atoms with Gasteiger partial charge in [-0.25, -0.2) is 4.98 Å². The monoisotopic (exact) mass is 176 g/mol. The van der Waals surface area contributed by atoms with Crippen LogP contribution in [0, 0.1) is 6.92 Å². The topological polar surface area (TPSA) is 43.6 Å². The van der Waals surface area contributed by atoms with Crippen molar-refractivity contribution in [2.75, 3.05) is 0 Å². The molecule has 2 aromatic heterocycles. The predicted molar refractivity (Wildman–Crippen MR) is 50.4 cm³/mol. The van der Waals surface area contributed by atoms with Crippen molar-refractivity contribution in [3.8, 4) is 0 Å². The van der Waals surface area contributed by atoms with E-state index in [0.29, 0.717) is 0 Å². The Morgan fingerprint density at radius 3 is 3.00 bits per heavy atom. The number of aryl methyl sites for hydroxylation is 2. The van der Waals surface area contributed by atoms with Crippen LogP contribution in [0.4, 0.5) is 0 Å². The third kappa shape index (κ3) is 1.39. The molecule has 0 aliphatic rings. The molecule has 0 saturated carbocycles. The van der Waals surface area contributed by atoms with Crippen LogP contribution in [-0.2, 0) is 6.54 Å². The molecule has 2 rings (SSSR count). The van der Waals surface area contributed by atoms with Gasteiger partial charge in [0.25, 0.3) is 0 Å². The van der Waals surface area contributed by atoms with E-state index in [0.717, 1.165) is 30.0 Å². The van der Waals surface area contributed by atoms with E-state index < -0.39 is 0 Å². The number of fused-ring (bicyclic) bond motifs is 1. The molecule has 2 aromatic rings. The minimum absolute atomic E-state index is 0.724. The summed E-state index contributed by atoms with van der Waals surface area (Å²) in [6, 6.07) is 1.98. The molecular formula is C9H12N4. The molecule has 0 unspecified atom stereocenters. The first kappa shape index (κ1) is 8.16. The van der Waals surface area contributed by atoms with Gasteiger partial charge in [0.2, 0.25) is 0 Å². The summed E-state index contributed by atoms with van der Waals surface area (Å²) in [6.45, 7) is 4.97. The van der Waals surface area contributed by atoms with Crippen LogP contribution in [0.15, 0.2) is 12.3 Å². The number of aromatic nitrogens is 4. The Kier molecular flexibility index (Phi) is 1.96. The maximum absolute atomic E-state index is 4.28. The van der Waals surface area contributed by atoms with Gasteiger partial charge in [0, 0.05) is 12.7 Å². The van der Waals surface area contributed by atoms with E-state index in [-0.39, 0.29) is 0 Å². The lowest BCUT2D eigenvalue weighted by Gasteiger charge is -1.99. The first-order valence-electron chi connectivity index (χ1n) is 4.47. The molecule has 0 saturated heterocycles. The molecule has 0 N–H and O–H groups in total. The van der Waals surface area contributed by atoms with E-state index in [4.69, 9.17) is 0 Å². The molecule has 0 bridgehead atoms. The molecule has 0 spiro atoms. The molecule has 0 aliphatic carbocycles. The second-order valence-electron chi connectivity index (χ2n) is 3.08. The van der Waals surface area contributed by atoms with E-state index >= 15 is 0 Å². The van der Waals surface area contributed by atoms with E-state index in [2.05, 4.69) is 26.7 Å². The molecule has 2 heterocycles. The normalized spacial score (nSPS) is 10.9. The summed E-state index contributed by atoms with van der Waals surface area (Å²) < 4.78 is 2.08. The molecule has 0 amide bonds. The minimum Gasteiger partial charge on any atom is -0.330 e. The zero-order valence-electron chi connectivity index (χ0n) is 7.86. The van der Waals surface area contributed by atoms with Crippen molar-refractivity contribution >= 4 is 11.2 Å². The zero-order valence-corrected chi connectivity index (χ0v) is 7.86. The van der Waals surface area contributed by atoms with Crippen LogP contribution in [0.2, 0.25) is 0 Å². The van der Waals surface area contributed by atoms with Gasteiger partial charge in [-0.05, 0) is 19.4 Å². The van der Waals surface area contributed by atoms with Crippen LogP contribution in [0.5, 0.6) is 0 Å². The largest absolute Gasteiger partial charge is 0.330 e. The van der Waals surface area contributed by atoms with Crippen molar-refractivity contribution < 1.29 is 0 Å². The second-order valence-corrected chi connectivity index (χ2v) is 3.08. The molecule has 0 fully saturated rings. The first-order chi connectivity index (χ1) is 6.31. The van der Waals surface area contributed by atoms with Gasteiger partial charge >= 0.3 is 0 Å². The molecule has 4 heteroatoms. The Balaban J connectivity index is 2.55. The maximum Gasteiger partial charge on any atom is 0.181 e. The molecule has 0 aromatic carbocycles. The van der Waals surface area contributed by atoms with Gasteiger partial charge in [-0.15, -0.1) is 10.2 Å². The number of hydrogen-bond donors (Lipinski definition) is 0. The molecule has 13 heavy (non-hydrogen) atoms. The molecule has 0 atom stereocenters. The smallest absolute Gasteiger partial charge is 0.181 e. The van der Waals surface area contributed by atoms with Crippen molar-refractivity contribution in [3.05, 3.63) is 18.1 Å². The summed E-state index contributed by atoms with van der Waals surface area (Å²) in [7, 11) is 0. The lowest BCUT2D eigenvalue weighted by Crippen LogP contribution is -1.99. The Hall–Kier alpha value is -1.45. The van der Waals surface area contributed by atoms with Gasteiger partial charge < -0.3 is 4.57 Å². The quantitative estimate of drug-likeness (QED) is 0.697. The van der Waals surface area contributed by atoms with Gasteiger partial charge in [0.15, 0.2) is 5.65 Å². The van der Waals surface area contributed by atoms with Crippen LogP contribution in [0.25, 0.3) is 11.2 Å². The van der Waals surface area contributed by atoms with Crippen molar-refractivity contribution in [3.63, 3.8) is 0 Å². The van der Waals surface area contributed by atoms with Crippen LogP contribution in [-0.4, -0.2) is 19.7 Å². The summed E-state index contributed by atoms with van der Waals surface area (Å²) >= 11 is 0. The minimum atomic E-state index is 0.724. The molecular weight excluding hydrogens is 164 g/mol. The summed E-state index contributed by atoms with van der Waals surface area (Å²) in [5.41, 5.74) is 1.81. The van der Waals surface area contributed by atoms with E-state index in [9.17, 15) is 0 Å². The van der Waals surface area contributed by atoms with Crippen molar-refractivity contribution in [2.45, 2.75) is 26.8 Å². The van der Waals surface area contributed by atoms with Gasteiger partial charge in [0.05, 0.1) is 0 Å². The van der Waals surface area contributed by atoms with Crippen LogP contribution in [0.3, 0.4) is 0 Å². The fourth-order valence-electron chi connectivity index (χ4n) is 1.39. The number of nitrogens with zero attached hydrogens (tertiary/aromatic N) is 4. The van der Waals surface area contributed by atoms with Crippen LogP contribution < -0.4 is 0 Å². The summed E-state index contributed by atoms with van der Waals surface area (Å²) in [6.07, 6.45) is 3.11. The average molecular weight is 176 g/mol. The third-order valence-electron chi connectivity index (χ3n) is 1.95. The Labute approximate surface area is 76.6 Å². The van der Waals surface area contributed by atoms with Gasteiger partial charge in [-0.2, -0.15) is 0 Å². The van der Waals surface area contributed by atoms with Crippen molar-refractivity contribution in [2.24, 2.45) is 0 Å². The Morgan fingerprint density at radius 2 is 2.23 bits per heavy atom. The highest BCUT2D eigenvalue weighted by molar-refractivity contribution is 5.70. The standard InChI is InChI=1S/C9H12N4/c1-3-5-13-6-4-8-9(13)12-11-7(2)10-8/h4,6H,3,5H2,1-2H3. The van der Waals surface area contributed by atoms with Crippen molar-refractivity contribution in [1.29, 1.82) is 0 Å². The fourth-order valence-corrected chi connectivity index (χ4v) is 1.39. The lowest BCUT2D eigenvalue weighted by atomic mass is 10.5. The van der Waals surface area contributed by atoms with E-state index in [1.54, 1.807) is 0 Å². The maximum atomic E-state index is 4.28. The van der Waals surface area contributed by atoms with Crippen molar-refractivity contribution in [1.82, 2.24) is 19.7 Å². The zero-order chi connectivity index (χ0) is 9.26. The molecule has 68 valence electrons. The number of hydrogen-bond acceptors (Lipinski definition) is 3. The van der Waals surface area contributed by atoms with Gasteiger partial charge in [-0.1, -0.05) is 6.92 Å². The lowest BCUT2D eigenvalue weighted by molar-refractivity contribution is 0.691. The highest BCUT2D eigenvalue weighted by Gasteiger charge is 2.02. The van der Waals surface area contributed by atoms with Gasteiger partial charge in [-0.3, -0.25) is 0 Å². The van der Waals surface area contributed by atoms with E-state index in [1.807, 2.05) is 19.2 Å². The number of rotatable bonds is 2. The summed E-state index contributed by atoms with van der Waals surface area (Å²) in [4.78, 5) is 4.28. The van der Waals surface area contributed by atoms with Crippen LogP contribution >= 0.6 is 0 Å². The molecule has 0 radical (unpaired) electrons. The molecule has 0 aliphatic heterocycles. The Bertz CT molecular complexity index is 418. The highest BCUT2D eigenvalue weighted by Crippen LogP contribution is 2.09. The fraction of sp³-hybridized carbons (Fsp3) is 0.444. The highest BCUT2D eigenvalue weighted by atomic mass is 15.2. The van der Waals surface area contributed by atoms with E-state index in [1.165, 1.54) is 0 Å². The van der Waals surface area contributed by atoms with Crippen LogP contribution in [0.1, 0.15) is 19.2 Å². The summed E-state index contributed by atoms with van der Waals surface area (Å²) in [5, 5.41) is 8.05. The summed E-state index contributed by atoms with van der Waals surface area (Å²) in [5.74, 6) is 0.724. The van der Waals surface area contributed by atoms with Gasteiger partial charge in [0.1, 0.15) is 11.3 Å².